The summed E-state index contributed by atoms with van der Waals surface area (Å²) >= 11 is 0. The first-order valence-electron chi connectivity index (χ1n) is 6.79. The van der Waals surface area contributed by atoms with Crippen LogP contribution in [0.15, 0.2) is 30.3 Å². The number of methoxy groups -OCH3 is 1. The van der Waals surface area contributed by atoms with E-state index in [-0.39, 0.29) is 12.5 Å². The molecule has 0 spiro atoms. The molecule has 5 nitrogen and oxygen atoms in total. The Balaban J connectivity index is 1.85. The molecule has 0 bridgehead atoms. The summed E-state index contributed by atoms with van der Waals surface area (Å²) in [5.74, 6) is -0.277. The van der Waals surface area contributed by atoms with Crippen LogP contribution in [0.3, 0.4) is 0 Å². The summed E-state index contributed by atoms with van der Waals surface area (Å²) in [7, 11) is 1.52. The standard InChI is InChI=1S/C15H22O5/c1-10-13(16)14(17)12(20-15(10)18-2)9-19-8-11-6-4-3-5-7-11/h3-7,10,12-17H,8-9H2,1-2H3/t10-,12-,13+,14+,15-/m1/s1. The lowest BCUT2D eigenvalue weighted by Crippen LogP contribution is -2.55. The van der Waals surface area contributed by atoms with Crippen molar-refractivity contribution in [1.82, 2.24) is 0 Å². The highest BCUT2D eigenvalue weighted by Gasteiger charge is 2.42. The molecular weight excluding hydrogens is 260 g/mol. The Bertz CT molecular complexity index is 395. The molecule has 1 saturated heterocycles. The molecule has 1 heterocycles. The molecule has 0 unspecified atom stereocenters. The van der Waals surface area contributed by atoms with Gasteiger partial charge < -0.3 is 24.4 Å². The maximum absolute atomic E-state index is 10.0. The molecule has 0 aliphatic carbocycles. The Morgan fingerprint density at radius 3 is 2.50 bits per heavy atom. The van der Waals surface area contributed by atoms with Gasteiger partial charge in [0.05, 0.1) is 19.3 Å². The maximum atomic E-state index is 10.0. The Labute approximate surface area is 119 Å². The molecule has 1 fully saturated rings. The fourth-order valence-electron chi connectivity index (χ4n) is 2.34. The summed E-state index contributed by atoms with van der Waals surface area (Å²) in [4.78, 5) is 0. The lowest BCUT2D eigenvalue weighted by atomic mass is 9.92. The van der Waals surface area contributed by atoms with E-state index in [4.69, 9.17) is 14.2 Å². The van der Waals surface area contributed by atoms with Crippen molar-refractivity contribution in [2.45, 2.75) is 38.1 Å². The van der Waals surface area contributed by atoms with Crippen molar-refractivity contribution in [3.05, 3.63) is 35.9 Å². The fourth-order valence-corrected chi connectivity index (χ4v) is 2.34. The van der Waals surface area contributed by atoms with Gasteiger partial charge in [-0.15, -0.1) is 0 Å². The van der Waals surface area contributed by atoms with Gasteiger partial charge in [0.15, 0.2) is 6.29 Å². The average molecular weight is 282 g/mol. The van der Waals surface area contributed by atoms with E-state index >= 15 is 0 Å². The first-order chi connectivity index (χ1) is 9.63. The quantitative estimate of drug-likeness (QED) is 0.841. The summed E-state index contributed by atoms with van der Waals surface area (Å²) in [6, 6.07) is 9.76. The molecule has 0 amide bonds. The van der Waals surface area contributed by atoms with E-state index in [9.17, 15) is 10.2 Å². The van der Waals surface area contributed by atoms with Gasteiger partial charge in [-0.1, -0.05) is 37.3 Å². The van der Waals surface area contributed by atoms with Crippen LogP contribution < -0.4 is 0 Å². The summed E-state index contributed by atoms with van der Waals surface area (Å²) in [6.45, 7) is 2.43. The predicted molar refractivity (Wildman–Crippen MR) is 72.9 cm³/mol. The molecule has 1 aliphatic rings. The number of ether oxygens (including phenoxy) is 3. The summed E-state index contributed by atoms with van der Waals surface area (Å²) in [5, 5.41) is 20.0. The van der Waals surface area contributed by atoms with E-state index in [0.29, 0.717) is 6.61 Å². The third-order valence-corrected chi connectivity index (χ3v) is 3.63. The number of benzene rings is 1. The first kappa shape index (κ1) is 15.4. The Morgan fingerprint density at radius 1 is 1.15 bits per heavy atom. The maximum Gasteiger partial charge on any atom is 0.162 e. The van der Waals surface area contributed by atoms with Crippen molar-refractivity contribution in [3.63, 3.8) is 0 Å². The molecule has 1 aliphatic heterocycles. The highest BCUT2D eigenvalue weighted by Crippen LogP contribution is 2.26. The van der Waals surface area contributed by atoms with Crippen LogP contribution in [0, 0.1) is 5.92 Å². The molecular formula is C15H22O5. The van der Waals surface area contributed by atoms with Crippen molar-refractivity contribution >= 4 is 0 Å². The second kappa shape index (κ2) is 7.15. The van der Waals surface area contributed by atoms with Crippen LogP contribution in [0.4, 0.5) is 0 Å². The topological polar surface area (TPSA) is 68.2 Å². The number of hydrogen-bond acceptors (Lipinski definition) is 5. The van der Waals surface area contributed by atoms with Gasteiger partial charge in [0.1, 0.15) is 12.2 Å². The van der Waals surface area contributed by atoms with Crippen LogP contribution in [0.25, 0.3) is 0 Å². The van der Waals surface area contributed by atoms with E-state index in [1.54, 1.807) is 6.92 Å². The average Bonchev–Trinajstić information content (AvgIpc) is 2.48. The largest absolute Gasteiger partial charge is 0.390 e. The van der Waals surface area contributed by atoms with Crippen molar-refractivity contribution in [3.8, 4) is 0 Å². The van der Waals surface area contributed by atoms with Gasteiger partial charge in [0.25, 0.3) is 0 Å². The molecule has 5 atom stereocenters. The molecule has 5 heteroatoms. The van der Waals surface area contributed by atoms with E-state index < -0.39 is 24.6 Å². The lowest BCUT2D eigenvalue weighted by molar-refractivity contribution is -0.277. The van der Waals surface area contributed by atoms with Crippen molar-refractivity contribution in [1.29, 1.82) is 0 Å². The smallest absolute Gasteiger partial charge is 0.162 e. The van der Waals surface area contributed by atoms with E-state index in [0.717, 1.165) is 5.56 Å². The second-order valence-corrected chi connectivity index (χ2v) is 5.12. The third-order valence-electron chi connectivity index (χ3n) is 3.63. The van der Waals surface area contributed by atoms with Gasteiger partial charge in [0, 0.05) is 13.0 Å². The summed E-state index contributed by atoms with van der Waals surface area (Å²) < 4.78 is 16.3. The van der Waals surface area contributed by atoms with Gasteiger partial charge in [-0.2, -0.15) is 0 Å². The van der Waals surface area contributed by atoms with E-state index in [1.807, 2.05) is 30.3 Å². The van der Waals surface area contributed by atoms with Crippen molar-refractivity contribution in [2.24, 2.45) is 5.92 Å². The molecule has 2 rings (SSSR count). The Morgan fingerprint density at radius 2 is 1.85 bits per heavy atom. The first-order valence-corrected chi connectivity index (χ1v) is 6.79. The van der Waals surface area contributed by atoms with Gasteiger partial charge in [-0.05, 0) is 5.56 Å². The zero-order chi connectivity index (χ0) is 14.5. The molecule has 0 radical (unpaired) electrons. The zero-order valence-electron chi connectivity index (χ0n) is 11.8. The SMILES string of the molecule is CO[C@@H]1O[C@H](COCc2ccccc2)[C@H](O)[C@@H](O)[C@H]1C. The Hall–Kier alpha value is -0.980. The van der Waals surface area contributed by atoms with Crippen LogP contribution in [0.5, 0.6) is 0 Å². The summed E-state index contributed by atoms with van der Waals surface area (Å²) in [5.41, 5.74) is 1.05. The van der Waals surface area contributed by atoms with Crippen LogP contribution in [0.2, 0.25) is 0 Å². The monoisotopic (exact) mass is 282 g/mol. The summed E-state index contributed by atoms with van der Waals surface area (Å²) in [6.07, 6.45) is -2.96. The van der Waals surface area contributed by atoms with E-state index in [1.165, 1.54) is 7.11 Å². The number of aliphatic hydroxyl groups is 2. The van der Waals surface area contributed by atoms with Crippen LogP contribution in [-0.2, 0) is 20.8 Å². The van der Waals surface area contributed by atoms with Crippen LogP contribution in [-0.4, -0.2) is 48.5 Å². The highest BCUT2D eigenvalue weighted by atomic mass is 16.7. The fraction of sp³-hybridized carbons (Fsp3) is 0.600. The number of hydrogen-bond donors (Lipinski definition) is 2. The number of aliphatic hydroxyl groups excluding tert-OH is 2. The third kappa shape index (κ3) is 3.56. The highest BCUT2D eigenvalue weighted by molar-refractivity contribution is 5.13. The molecule has 1 aromatic rings. The van der Waals surface area contributed by atoms with E-state index in [2.05, 4.69) is 0 Å². The molecule has 20 heavy (non-hydrogen) atoms. The predicted octanol–water partition coefficient (Wildman–Crippen LogP) is 0.932. The van der Waals surface area contributed by atoms with Gasteiger partial charge in [-0.25, -0.2) is 0 Å². The lowest BCUT2D eigenvalue weighted by Gasteiger charge is -2.40. The minimum atomic E-state index is -0.966. The minimum Gasteiger partial charge on any atom is -0.390 e. The zero-order valence-corrected chi connectivity index (χ0v) is 11.8. The molecule has 1 aromatic carbocycles. The van der Waals surface area contributed by atoms with Gasteiger partial charge >= 0.3 is 0 Å². The molecule has 2 N–H and O–H groups in total. The molecule has 112 valence electrons. The normalized spacial score (nSPS) is 34.1. The van der Waals surface area contributed by atoms with Crippen molar-refractivity contribution < 1.29 is 24.4 Å². The number of rotatable bonds is 5. The second-order valence-electron chi connectivity index (χ2n) is 5.12. The van der Waals surface area contributed by atoms with Crippen LogP contribution in [0.1, 0.15) is 12.5 Å². The van der Waals surface area contributed by atoms with Gasteiger partial charge in [-0.3, -0.25) is 0 Å². The van der Waals surface area contributed by atoms with Crippen LogP contribution >= 0.6 is 0 Å². The minimum absolute atomic E-state index is 0.208. The molecule has 0 saturated carbocycles. The Kier molecular flexibility index (Phi) is 5.51. The van der Waals surface area contributed by atoms with Crippen molar-refractivity contribution in [2.75, 3.05) is 13.7 Å². The molecule has 0 aromatic heterocycles. The van der Waals surface area contributed by atoms with Gasteiger partial charge in [0.2, 0.25) is 0 Å².